The van der Waals surface area contributed by atoms with Crippen molar-refractivity contribution in [3.05, 3.63) is 0 Å². The van der Waals surface area contributed by atoms with Gasteiger partial charge in [0, 0.05) is 6.42 Å². The summed E-state index contributed by atoms with van der Waals surface area (Å²) in [7, 11) is 0. The number of amides is 4. The van der Waals surface area contributed by atoms with Crippen molar-refractivity contribution in [1.29, 1.82) is 0 Å². The second kappa shape index (κ2) is 13.4. The largest absolute Gasteiger partial charge is 0.481 e. The Morgan fingerprint density at radius 1 is 1.03 bits per heavy atom. The van der Waals surface area contributed by atoms with E-state index in [2.05, 4.69) is 21.3 Å². The highest BCUT2D eigenvalue weighted by Crippen LogP contribution is 2.12. The average Bonchev–Trinajstić information content (AvgIpc) is 3.28. The van der Waals surface area contributed by atoms with Gasteiger partial charge in [0.25, 0.3) is 0 Å². The van der Waals surface area contributed by atoms with Crippen molar-refractivity contribution >= 4 is 35.6 Å². The molecule has 0 spiro atoms. The van der Waals surface area contributed by atoms with Crippen molar-refractivity contribution in [3.63, 3.8) is 0 Å². The molecule has 0 bridgehead atoms. The summed E-state index contributed by atoms with van der Waals surface area (Å²) in [6.45, 7) is 4.26. The van der Waals surface area contributed by atoms with Crippen molar-refractivity contribution in [3.8, 4) is 0 Å². The number of aliphatic carboxylic acids is 2. The van der Waals surface area contributed by atoms with E-state index >= 15 is 0 Å². The highest BCUT2D eigenvalue weighted by atomic mass is 16.4. The molecule has 0 aromatic heterocycles. The molecule has 1 rings (SSSR count). The molecule has 33 heavy (non-hydrogen) atoms. The van der Waals surface area contributed by atoms with E-state index in [9.17, 15) is 28.8 Å². The molecule has 1 aliphatic rings. The van der Waals surface area contributed by atoms with Gasteiger partial charge in [0.15, 0.2) is 0 Å². The number of hydrogen-bond acceptors (Lipinski definition) is 7. The van der Waals surface area contributed by atoms with Gasteiger partial charge in [-0.05, 0) is 31.7 Å². The number of hydrogen-bond donors (Lipinski definition) is 7. The van der Waals surface area contributed by atoms with E-state index in [-0.39, 0.29) is 24.7 Å². The van der Waals surface area contributed by atoms with Gasteiger partial charge in [-0.15, -0.1) is 0 Å². The number of carboxylic acid groups (broad SMARTS) is 2. The van der Waals surface area contributed by atoms with Crippen LogP contribution in [0.25, 0.3) is 0 Å². The summed E-state index contributed by atoms with van der Waals surface area (Å²) in [5, 5.41) is 28.2. The molecule has 0 aromatic rings. The first-order valence-corrected chi connectivity index (χ1v) is 10.8. The molecule has 0 aliphatic carbocycles. The Kier molecular flexibility index (Phi) is 11.3. The summed E-state index contributed by atoms with van der Waals surface area (Å²) in [4.78, 5) is 71.5. The minimum Gasteiger partial charge on any atom is -0.481 e. The number of carboxylic acids is 2. The van der Waals surface area contributed by atoms with Crippen molar-refractivity contribution in [2.45, 2.75) is 76.5 Å². The predicted octanol–water partition coefficient (Wildman–Crippen LogP) is -1.94. The SMILES string of the molecule is CCC(C)C(NC(=O)C1CCCN1)C(=O)NC(CCC(N)=O)C(=O)NC(CC(=O)O)C(=O)O. The first-order chi connectivity index (χ1) is 15.5. The van der Waals surface area contributed by atoms with E-state index in [0.29, 0.717) is 19.4 Å². The molecule has 186 valence electrons. The third-order valence-electron chi connectivity index (χ3n) is 5.48. The molecule has 1 heterocycles. The molecule has 1 aliphatic heterocycles. The Morgan fingerprint density at radius 2 is 1.67 bits per heavy atom. The summed E-state index contributed by atoms with van der Waals surface area (Å²) in [6.07, 6.45) is 0.587. The van der Waals surface area contributed by atoms with Crippen LogP contribution >= 0.6 is 0 Å². The Balaban J connectivity index is 2.98. The summed E-state index contributed by atoms with van der Waals surface area (Å²) in [6, 6.07) is -4.51. The summed E-state index contributed by atoms with van der Waals surface area (Å²) in [5.41, 5.74) is 5.13. The first-order valence-electron chi connectivity index (χ1n) is 10.8. The van der Waals surface area contributed by atoms with Crippen molar-refractivity contribution < 1.29 is 39.0 Å². The van der Waals surface area contributed by atoms with Crippen LogP contribution in [0.2, 0.25) is 0 Å². The normalized spacial score (nSPS) is 18.9. The molecular formula is C20H33N5O8. The van der Waals surface area contributed by atoms with Gasteiger partial charge in [0.05, 0.1) is 12.5 Å². The Morgan fingerprint density at radius 3 is 2.15 bits per heavy atom. The van der Waals surface area contributed by atoms with Crippen LogP contribution in [0.15, 0.2) is 0 Å². The number of rotatable bonds is 14. The lowest BCUT2D eigenvalue weighted by molar-refractivity contribution is -0.147. The van der Waals surface area contributed by atoms with Crippen LogP contribution in [-0.4, -0.2) is 76.5 Å². The fourth-order valence-corrected chi connectivity index (χ4v) is 3.33. The first kappa shape index (κ1) is 27.8. The van der Waals surface area contributed by atoms with Crippen molar-refractivity contribution in [2.75, 3.05) is 6.54 Å². The molecule has 13 heteroatoms. The quantitative estimate of drug-likeness (QED) is 0.150. The second-order valence-electron chi connectivity index (χ2n) is 8.08. The molecular weight excluding hydrogens is 438 g/mol. The number of carbonyl (C=O) groups is 6. The van der Waals surface area contributed by atoms with Crippen LogP contribution in [0.3, 0.4) is 0 Å². The van der Waals surface area contributed by atoms with Gasteiger partial charge in [-0.1, -0.05) is 20.3 Å². The molecule has 0 aromatic carbocycles. The summed E-state index contributed by atoms with van der Waals surface area (Å²) >= 11 is 0. The topological polar surface area (TPSA) is 217 Å². The number of primary amides is 1. The zero-order valence-corrected chi connectivity index (χ0v) is 18.8. The Labute approximate surface area is 191 Å². The van der Waals surface area contributed by atoms with Crippen LogP contribution in [-0.2, 0) is 28.8 Å². The van der Waals surface area contributed by atoms with E-state index in [1.165, 1.54) is 0 Å². The smallest absolute Gasteiger partial charge is 0.326 e. The minimum atomic E-state index is -1.73. The highest BCUT2D eigenvalue weighted by Gasteiger charge is 2.34. The molecule has 0 saturated carbocycles. The van der Waals surface area contributed by atoms with Gasteiger partial charge >= 0.3 is 11.9 Å². The average molecular weight is 472 g/mol. The van der Waals surface area contributed by atoms with E-state index in [1.807, 2.05) is 6.92 Å². The van der Waals surface area contributed by atoms with Crippen LogP contribution in [0.5, 0.6) is 0 Å². The lowest BCUT2D eigenvalue weighted by atomic mass is 9.97. The van der Waals surface area contributed by atoms with Crippen LogP contribution in [0.4, 0.5) is 0 Å². The van der Waals surface area contributed by atoms with Gasteiger partial charge in [0.1, 0.15) is 18.1 Å². The molecule has 8 N–H and O–H groups in total. The standard InChI is InChI=1S/C20H33N5O8/c1-3-10(2)16(25-17(29)11-5-4-8-22-11)19(31)23-12(6-7-14(21)26)18(30)24-13(20(32)33)9-15(27)28/h10-13,16,22H,3-9H2,1-2H3,(H2,21,26)(H,23,31)(H,24,30)(H,25,29)(H,27,28)(H,32,33). The predicted molar refractivity (Wildman–Crippen MR) is 115 cm³/mol. The third kappa shape index (κ3) is 9.43. The molecule has 5 atom stereocenters. The Hall–Kier alpha value is -3.22. The summed E-state index contributed by atoms with van der Waals surface area (Å²) in [5.74, 6) is -6.08. The zero-order valence-electron chi connectivity index (χ0n) is 18.8. The van der Waals surface area contributed by atoms with Gasteiger partial charge < -0.3 is 37.2 Å². The lowest BCUT2D eigenvalue weighted by Gasteiger charge is -2.27. The van der Waals surface area contributed by atoms with Crippen molar-refractivity contribution in [2.24, 2.45) is 11.7 Å². The maximum atomic E-state index is 13.0. The number of carbonyl (C=O) groups excluding carboxylic acids is 4. The van der Waals surface area contributed by atoms with E-state index in [4.69, 9.17) is 15.9 Å². The fourth-order valence-electron chi connectivity index (χ4n) is 3.33. The maximum Gasteiger partial charge on any atom is 0.326 e. The number of nitrogens with two attached hydrogens (primary N) is 1. The van der Waals surface area contributed by atoms with E-state index in [0.717, 1.165) is 6.42 Å². The highest BCUT2D eigenvalue weighted by molar-refractivity contribution is 5.95. The zero-order chi connectivity index (χ0) is 25.1. The van der Waals surface area contributed by atoms with Crippen LogP contribution in [0.1, 0.15) is 52.4 Å². The van der Waals surface area contributed by atoms with Gasteiger partial charge in [0.2, 0.25) is 23.6 Å². The number of nitrogens with one attached hydrogen (secondary N) is 4. The van der Waals surface area contributed by atoms with E-state index < -0.39 is 60.2 Å². The lowest BCUT2D eigenvalue weighted by Crippen LogP contribution is -2.58. The molecule has 1 fully saturated rings. The minimum absolute atomic E-state index is 0.238. The molecule has 1 saturated heterocycles. The third-order valence-corrected chi connectivity index (χ3v) is 5.48. The molecule has 4 amide bonds. The van der Waals surface area contributed by atoms with Gasteiger partial charge in [-0.3, -0.25) is 24.0 Å². The maximum absolute atomic E-state index is 13.0. The van der Waals surface area contributed by atoms with E-state index in [1.54, 1.807) is 6.92 Å². The van der Waals surface area contributed by atoms with Gasteiger partial charge in [-0.25, -0.2) is 4.79 Å². The fraction of sp³-hybridized carbons (Fsp3) is 0.700. The van der Waals surface area contributed by atoms with Crippen LogP contribution < -0.4 is 27.0 Å². The molecule has 5 unspecified atom stereocenters. The summed E-state index contributed by atoms with van der Waals surface area (Å²) < 4.78 is 0. The van der Waals surface area contributed by atoms with Gasteiger partial charge in [-0.2, -0.15) is 0 Å². The molecule has 0 radical (unpaired) electrons. The van der Waals surface area contributed by atoms with Crippen LogP contribution in [0, 0.1) is 5.92 Å². The Bertz CT molecular complexity index is 753. The monoisotopic (exact) mass is 471 g/mol. The second-order valence-corrected chi connectivity index (χ2v) is 8.08. The van der Waals surface area contributed by atoms with Crippen molar-refractivity contribution in [1.82, 2.24) is 21.3 Å². The molecule has 13 nitrogen and oxygen atoms in total.